The van der Waals surface area contributed by atoms with Crippen LogP contribution < -0.4 is 0 Å². The molecule has 4 saturated carbocycles. The molecule has 15 atom stereocenters. The first-order valence-corrected chi connectivity index (χ1v) is 17.7. The van der Waals surface area contributed by atoms with Crippen LogP contribution in [0.1, 0.15) is 120 Å². The molecule has 2 aliphatic heterocycles. The Hall–Kier alpha value is -0.320. The van der Waals surface area contributed by atoms with Gasteiger partial charge in [0.05, 0.1) is 30.0 Å². The van der Waals surface area contributed by atoms with Crippen molar-refractivity contribution in [3.05, 3.63) is 0 Å². The van der Waals surface area contributed by atoms with Crippen LogP contribution in [0.15, 0.2) is 0 Å². The van der Waals surface area contributed by atoms with E-state index in [0.717, 1.165) is 57.8 Å². The molecule has 6 aliphatic rings. The van der Waals surface area contributed by atoms with Gasteiger partial charge < -0.3 is 39.7 Å². The Balaban J connectivity index is 1.25. The molecule has 0 aromatic carbocycles. The predicted molar refractivity (Wildman–Crippen MR) is 166 cm³/mol. The zero-order valence-corrected chi connectivity index (χ0v) is 28.6. The largest absolute Gasteiger partial charge is 0.394 e. The second-order valence-corrected chi connectivity index (χ2v) is 18.2. The summed E-state index contributed by atoms with van der Waals surface area (Å²) < 4.78 is 19.1. The van der Waals surface area contributed by atoms with Crippen LogP contribution in [0, 0.1) is 45.3 Å². The molecule has 0 radical (unpaired) electrons. The monoisotopic (exact) mass is 622 g/mol. The molecule has 4 aliphatic carbocycles. The molecule has 0 amide bonds. The smallest absolute Gasteiger partial charge is 0.186 e. The third-order valence-corrected chi connectivity index (χ3v) is 15.2. The van der Waals surface area contributed by atoms with E-state index in [-0.39, 0.29) is 51.0 Å². The average molecular weight is 623 g/mol. The summed E-state index contributed by atoms with van der Waals surface area (Å²) in [5.41, 5.74) is -0.397. The first-order valence-electron chi connectivity index (χ1n) is 17.7. The minimum atomic E-state index is -1.45. The van der Waals surface area contributed by atoms with Gasteiger partial charge in [-0.1, -0.05) is 34.6 Å². The maximum absolute atomic E-state index is 12.2. The van der Waals surface area contributed by atoms with Gasteiger partial charge in [-0.15, -0.1) is 0 Å². The van der Waals surface area contributed by atoms with Gasteiger partial charge in [0, 0.05) is 0 Å². The third-order valence-electron chi connectivity index (χ3n) is 15.2. The Morgan fingerprint density at radius 3 is 2.07 bits per heavy atom. The van der Waals surface area contributed by atoms with Crippen molar-refractivity contribution >= 4 is 0 Å². The van der Waals surface area contributed by atoms with Gasteiger partial charge in [0.2, 0.25) is 0 Å². The number of aliphatic hydroxyl groups excluding tert-OH is 5. The number of hydrogen-bond acceptors (Lipinski definition) is 8. The Bertz CT molecular complexity index is 1080. The lowest BCUT2D eigenvalue weighted by atomic mass is 9.35. The van der Waals surface area contributed by atoms with Crippen molar-refractivity contribution in [2.24, 2.45) is 45.3 Å². The molecule has 2 saturated heterocycles. The quantitative estimate of drug-likeness (QED) is 0.289. The van der Waals surface area contributed by atoms with Gasteiger partial charge in [-0.05, 0) is 130 Å². The van der Waals surface area contributed by atoms with E-state index in [1.54, 1.807) is 0 Å². The van der Waals surface area contributed by atoms with Crippen LogP contribution in [0.25, 0.3) is 0 Å². The molecule has 8 heteroatoms. The van der Waals surface area contributed by atoms with Crippen LogP contribution >= 0.6 is 0 Å². The van der Waals surface area contributed by atoms with E-state index < -0.39 is 37.3 Å². The lowest BCUT2D eigenvalue weighted by molar-refractivity contribution is -0.332. The van der Waals surface area contributed by atoms with Crippen LogP contribution in [0.2, 0.25) is 0 Å². The van der Waals surface area contributed by atoms with Gasteiger partial charge in [0.25, 0.3) is 0 Å². The lowest BCUT2D eigenvalue weighted by Crippen LogP contribution is -2.67. The number of aliphatic hydroxyl groups is 5. The van der Waals surface area contributed by atoms with E-state index in [1.165, 1.54) is 6.42 Å². The molecule has 2 heterocycles. The fraction of sp³-hybridized carbons (Fsp3) is 1.00. The maximum Gasteiger partial charge on any atom is 0.186 e. The minimum absolute atomic E-state index is 0.0199. The predicted octanol–water partition coefficient (Wildman–Crippen LogP) is 4.57. The molecule has 44 heavy (non-hydrogen) atoms. The van der Waals surface area contributed by atoms with E-state index in [9.17, 15) is 25.5 Å². The molecule has 8 nitrogen and oxygen atoms in total. The van der Waals surface area contributed by atoms with Gasteiger partial charge in [0.15, 0.2) is 6.29 Å². The van der Waals surface area contributed by atoms with E-state index in [1.807, 2.05) is 0 Å². The Kier molecular flexibility index (Phi) is 8.28. The van der Waals surface area contributed by atoms with Crippen LogP contribution in [-0.2, 0) is 14.2 Å². The van der Waals surface area contributed by atoms with E-state index in [2.05, 4.69) is 55.4 Å². The average Bonchev–Trinajstić information content (AvgIpc) is 3.32. The molecular weight excluding hydrogens is 560 g/mol. The summed E-state index contributed by atoms with van der Waals surface area (Å²) in [6, 6.07) is 0. The summed E-state index contributed by atoms with van der Waals surface area (Å²) in [6.07, 6.45) is 3.45. The van der Waals surface area contributed by atoms with Crippen LogP contribution in [0.5, 0.6) is 0 Å². The molecule has 5 N–H and O–H groups in total. The first kappa shape index (κ1) is 33.6. The van der Waals surface area contributed by atoms with Crippen molar-refractivity contribution < 1.29 is 39.7 Å². The Morgan fingerprint density at radius 2 is 1.41 bits per heavy atom. The highest BCUT2D eigenvalue weighted by molar-refractivity contribution is 5.20. The van der Waals surface area contributed by atoms with Gasteiger partial charge >= 0.3 is 0 Å². The van der Waals surface area contributed by atoms with Crippen LogP contribution in [0.4, 0.5) is 0 Å². The Morgan fingerprint density at radius 1 is 0.727 bits per heavy atom. The fourth-order valence-corrected chi connectivity index (χ4v) is 12.9. The summed E-state index contributed by atoms with van der Waals surface area (Å²) >= 11 is 0. The van der Waals surface area contributed by atoms with Crippen LogP contribution in [-0.4, -0.2) is 86.3 Å². The normalized spacial score (nSPS) is 56.8. The van der Waals surface area contributed by atoms with Gasteiger partial charge in [-0.2, -0.15) is 0 Å². The number of ether oxygens (including phenoxy) is 3. The molecule has 0 bridgehead atoms. The highest BCUT2D eigenvalue weighted by Crippen LogP contribution is 2.76. The van der Waals surface area contributed by atoms with E-state index in [4.69, 9.17) is 14.2 Å². The van der Waals surface area contributed by atoms with Crippen molar-refractivity contribution in [1.82, 2.24) is 0 Å². The minimum Gasteiger partial charge on any atom is -0.394 e. The van der Waals surface area contributed by atoms with E-state index in [0.29, 0.717) is 17.8 Å². The number of fused-ring (bicyclic) bond motifs is 5. The van der Waals surface area contributed by atoms with E-state index >= 15 is 0 Å². The third kappa shape index (κ3) is 4.74. The van der Waals surface area contributed by atoms with Crippen molar-refractivity contribution in [2.45, 2.75) is 174 Å². The molecule has 254 valence electrons. The maximum atomic E-state index is 12.2. The summed E-state index contributed by atoms with van der Waals surface area (Å²) in [5.74, 6) is 1.33. The topological polar surface area (TPSA) is 129 Å². The SMILES string of the molecule is CC1(C)CCC[C@@](C)([C@H]2CC[C@]3(C)[C@H]2[C@H](O)C[C@@H]2[C@@]4(C)CC[C@H](O[C@@H]5O[C@H](CO)[C@@H](O)[C@H](O)[C@H]5O)C(C)(C)[C@H]4CC[C@]23C)O1. The molecular formula is C36H62O8. The second kappa shape index (κ2) is 10.8. The molecule has 6 fully saturated rings. The zero-order valence-electron chi connectivity index (χ0n) is 28.6. The molecule has 0 unspecified atom stereocenters. The standard InChI is InChI=1S/C36H62O8/c1-31(2)13-9-14-36(8,44-31)20-10-16-35(7)26(20)21(38)18-24-33(5)15-12-25(32(3,4)23(33)11-17-34(24,35)6)43-30-29(41)28(40)27(39)22(19-37)42-30/h20-30,37-41H,9-19H2,1-8H3/t20-,21+,22+,23+,24+,25-,26+,27+,28-,29+,30-,33-,34+,35+,36-/m0/s1. The molecule has 6 rings (SSSR count). The molecule has 0 spiro atoms. The van der Waals surface area contributed by atoms with Gasteiger partial charge in [-0.3, -0.25) is 0 Å². The lowest BCUT2D eigenvalue weighted by Gasteiger charge is -2.71. The van der Waals surface area contributed by atoms with Crippen molar-refractivity contribution in [3.8, 4) is 0 Å². The highest BCUT2D eigenvalue weighted by atomic mass is 16.7. The molecule has 0 aromatic rings. The van der Waals surface area contributed by atoms with Crippen molar-refractivity contribution in [3.63, 3.8) is 0 Å². The zero-order chi connectivity index (χ0) is 32.3. The highest BCUT2D eigenvalue weighted by Gasteiger charge is 2.72. The molecule has 0 aromatic heterocycles. The summed E-state index contributed by atoms with van der Waals surface area (Å²) in [5, 5.41) is 53.2. The summed E-state index contributed by atoms with van der Waals surface area (Å²) in [7, 11) is 0. The van der Waals surface area contributed by atoms with Crippen molar-refractivity contribution in [1.29, 1.82) is 0 Å². The fourth-order valence-electron chi connectivity index (χ4n) is 12.9. The Labute approximate surface area is 265 Å². The summed E-state index contributed by atoms with van der Waals surface area (Å²) in [6.45, 7) is 18.4. The summed E-state index contributed by atoms with van der Waals surface area (Å²) in [4.78, 5) is 0. The van der Waals surface area contributed by atoms with Crippen molar-refractivity contribution in [2.75, 3.05) is 6.61 Å². The second-order valence-electron chi connectivity index (χ2n) is 18.2. The number of hydrogen-bond donors (Lipinski definition) is 5. The first-order chi connectivity index (χ1) is 20.3. The van der Waals surface area contributed by atoms with Gasteiger partial charge in [-0.25, -0.2) is 0 Å². The number of rotatable bonds is 4. The van der Waals surface area contributed by atoms with Gasteiger partial charge in [0.1, 0.15) is 24.4 Å². The van der Waals surface area contributed by atoms with Crippen LogP contribution in [0.3, 0.4) is 0 Å².